The molecule has 2 rings (SSSR count). The van der Waals surface area contributed by atoms with Crippen LogP contribution in [0.3, 0.4) is 0 Å². The van der Waals surface area contributed by atoms with Crippen molar-refractivity contribution in [3.63, 3.8) is 0 Å². The van der Waals surface area contributed by atoms with Gasteiger partial charge in [0.1, 0.15) is 12.1 Å². The predicted molar refractivity (Wildman–Crippen MR) is 131 cm³/mol. The van der Waals surface area contributed by atoms with Gasteiger partial charge in [-0.2, -0.15) is 0 Å². The third-order valence-electron chi connectivity index (χ3n) is 6.73. The van der Waals surface area contributed by atoms with Gasteiger partial charge in [-0.1, -0.05) is 78.1 Å². The summed E-state index contributed by atoms with van der Waals surface area (Å²) in [5, 5.41) is 17.9. The van der Waals surface area contributed by atoms with Gasteiger partial charge in [-0.25, -0.2) is 9.59 Å². The molecule has 2 aliphatic rings. The van der Waals surface area contributed by atoms with Crippen LogP contribution in [0.15, 0.2) is 0 Å². The number of carbonyl (C=O) groups excluding carboxylic acids is 2. The zero-order chi connectivity index (χ0) is 25.3. The molecule has 34 heavy (non-hydrogen) atoms. The molecule has 2 saturated heterocycles. The van der Waals surface area contributed by atoms with Gasteiger partial charge >= 0.3 is 11.9 Å². The smallest absolute Gasteiger partial charge is 0.326 e. The van der Waals surface area contributed by atoms with E-state index in [2.05, 4.69) is 6.92 Å². The minimum absolute atomic E-state index is 0.0123. The van der Waals surface area contributed by atoms with Crippen LogP contribution in [0, 0.1) is 0 Å². The SMILES string of the molecule is CCCCCCCCCCCCN1C(=O)CCC1C(=O)O.CCCCN1C(=O)CCC1C(=O)O. The summed E-state index contributed by atoms with van der Waals surface area (Å²) in [5.74, 6) is -1.73. The van der Waals surface area contributed by atoms with Gasteiger partial charge in [0.05, 0.1) is 0 Å². The Labute approximate surface area is 205 Å². The van der Waals surface area contributed by atoms with E-state index in [0.717, 1.165) is 25.7 Å². The van der Waals surface area contributed by atoms with E-state index >= 15 is 0 Å². The lowest BCUT2D eigenvalue weighted by Gasteiger charge is -2.21. The van der Waals surface area contributed by atoms with Crippen LogP contribution < -0.4 is 0 Å². The van der Waals surface area contributed by atoms with Crippen LogP contribution in [-0.2, 0) is 19.2 Å². The number of carbonyl (C=O) groups is 4. The maximum Gasteiger partial charge on any atom is 0.326 e. The lowest BCUT2D eigenvalue weighted by Crippen LogP contribution is -2.39. The molecule has 2 aliphatic heterocycles. The van der Waals surface area contributed by atoms with Crippen molar-refractivity contribution in [1.82, 2.24) is 9.80 Å². The Balaban J connectivity index is 0.000000380. The average Bonchev–Trinajstić information content (AvgIpc) is 3.36. The molecule has 0 aromatic carbocycles. The van der Waals surface area contributed by atoms with E-state index < -0.39 is 24.0 Å². The highest BCUT2D eigenvalue weighted by Gasteiger charge is 2.36. The Kier molecular flexibility index (Phi) is 15.3. The molecule has 0 aromatic heterocycles. The first kappa shape index (κ1) is 29.9. The monoisotopic (exact) mass is 482 g/mol. The highest BCUT2D eigenvalue weighted by atomic mass is 16.4. The second-order valence-corrected chi connectivity index (χ2v) is 9.50. The fourth-order valence-electron chi connectivity index (χ4n) is 4.64. The summed E-state index contributed by atoms with van der Waals surface area (Å²) in [7, 11) is 0. The first-order valence-corrected chi connectivity index (χ1v) is 13.4. The van der Waals surface area contributed by atoms with E-state index in [-0.39, 0.29) is 11.8 Å². The lowest BCUT2D eigenvalue weighted by atomic mass is 10.1. The van der Waals surface area contributed by atoms with Crippen LogP contribution in [0.1, 0.15) is 117 Å². The molecule has 8 heteroatoms. The van der Waals surface area contributed by atoms with Crippen LogP contribution in [0.5, 0.6) is 0 Å². The van der Waals surface area contributed by atoms with Gasteiger partial charge in [-0.15, -0.1) is 0 Å². The lowest BCUT2D eigenvalue weighted by molar-refractivity contribution is -0.146. The molecule has 0 radical (unpaired) electrons. The third kappa shape index (κ3) is 10.9. The number of carboxylic acid groups (broad SMARTS) is 2. The van der Waals surface area contributed by atoms with Crippen molar-refractivity contribution in [2.75, 3.05) is 13.1 Å². The molecule has 2 atom stereocenters. The molecule has 2 amide bonds. The van der Waals surface area contributed by atoms with Crippen molar-refractivity contribution in [3.05, 3.63) is 0 Å². The quantitative estimate of drug-likeness (QED) is 0.304. The maximum atomic E-state index is 11.6. The number of hydrogen-bond acceptors (Lipinski definition) is 4. The highest BCUT2D eigenvalue weighted by molar-refractivity contribution is 5.87. The van der Waals surface area contributed by atoms with E-state index in [1.165, 1.54) is 56.3 Å². The van der Waals surface area contributed by atoms with E-state index in [1.807, 2.05) is 6.92 Å². The molecule has 8 nitrogen and oxygen atoms in total. The molecule has 0 saturated carbocycles. The molecule has 0 bridgehead atoms. The average molecular weight is 483 g/mol. The molecular formula is C26H46N2O6. The zero-order valence-corrected chi connectivity index (χ0v) is 21.3. The number of aliphatic carboxylic acids is 2. The van der Waals surface area contributed by atoms with Crippen molar-refractivity contribution >= 4 is 23.8 Å². The Hall–Kier alpha value is -2.12. The largest absolute Gasteiger partial charge is 0.480 e. The normalized spacial score (nSPS) is 19.9. The molecule has 0 aromatic rings. The molecule has 2 unspecified atom stereocenters. The minimum atomic E-state index is -0.873. The number of amides is 2. The van der Waals surface area contributed by atoms with Crippen LogP contribution in [0.4, 0.5) is 0 Å². The first-order valence-electron chi connectivity index (χ1n) is 13.4. The summed E-state index contributed by atoms with van der Waals surface area (Å²) in [4.78, 5) is 47.7. The van der Waals surface area contributed by atoms with E-state index in [9.17, 15) is 19.2 Å². The van der Waals surface area contributed by atoms with Gasteiger partial charge in [-0.3, -0.25) is 9.59 Å². The van der Waals surface area contributed by atoms with Crippen LogP contribution in [0.2, 0.25) is 0 Å². The highest BCUT2D eigenvalue weighted by Crippen LogP contribution is 2.20. The summed E-state index contributed by atoms with van der Waals surface area (Å²) in [6, 6.07) is -1.14. The molecule has 2 N–H and O–H groups in total. The predicted octanol–water partition coefficient (Wildman–Crippen LogP) is 4.85. The second-order valence-electron chi connectivity index (χ2n) is 9.50. The van der Waals surface area contributed by atoms with E-state index in [1.54, 1.807) is 4.90 Å². The summed E-state index contributed by atoms with van der Waals surface area (Å²) in [6.07, 6.45) is 16.1. The van der Waals surface area contributed by atoms with Gasteiger partial charge in [0, 0.05) is 25.9 Å². The summed E-state index contributed by atoms with van der Waals surface area (Å²) >= 11 is 0. The topological polar surface area (TPSA) is 115 Å². The van der Waals surface area contributed by atoms with Crippen molar-refractivity contribution in [2.45, 2.75) is 129 Å². The molecular weight excluding hydrogens is 436 g/mol. The molecule has 2 fully saturated rings. The van der Waals surface area contributed by atoms with Crippen molar-refractivity contribution in [3.8, 4) is 0 Å². The molecule has 0 aliphatic carbocycles. The summed E-state index contributed by atoms with van der Waals surface area (Å²) in [6.45, 7) is 5.47. The number of rotatable bonds is 16. The van der Waals surface area contributed by atoms with E-state index in [0.29, 0.717) is 38.8 Å². The van der Waals surface area contributed by atoms with Crippen LogP contribution in [0.25, 0.3) is 0 Å². The summed E-state index contributed by atoms with van der Waals surface area (Å²) in [5.41, 5.74) is 0. The first-order chi connectivity index (χ1) is 16.3. The van der Waals surface area contributed by atoms with Gasteiger partial charge in [0.25, 0.3) is 0 Å². The van der Waals surface area contributed by atoms with Crippen LogP contribution >= 0.6 is 0 Å². The molecule has 196 valence electrons. The summed E-state index contributed by atoms with van der Waals surface area (Å²) < 4.78 is 0. The zero-order valence-electron chi connectivity index (χ0n) is 21.3. The Bertz CT molecular complexity index is 639. The van der Waals surface area contributed by atoms with Gasteiger partial charge in [-0.05, 0) is 25.7 Å². The fraction of sp³-hybridized carbons (Fsp3) is 0.846. The Morgan fingerprint density at radius 1 is 0.647 bits per heavy atom. The van der Waals surface area contributed by atoms with Crippen LogP contribution in [-0.4, -0.2) is 68.9 Å². The number of nitrogens with zero attached hydrogens (tertiary/aromatic N) is 2. The van der Waals surface area contributed by atoms with Crippen molar-refractivity contribution in [2.24, 2.45) is 0 Å². The number of unbranched alkanes of at least 4 members (excludes halogenated alkanes) is 10. The number of likely N-dealkylation sites (tertiary alicyclic amines) is 2. The Morgan fingerprint density at radius 3 is 1.38 bits per heavy atom. The number of carboxylic acids is 2. The minimum Gasteiger partial charge on any atom is -0.480 e. The molecule has 0 spiro atoms. The van der Waals surface area contributed by atoms with Crippen molar-refractivity contribution in [1.29, 1.82) is 0 Å². The standard InChI is InChI=1S/C17H31NO3.C9H15NO3/c1-2-3-4-5-6-7-8-9-10-11-14-18-15(17(20)21)12-13-16(18)19;1-2-3-6-10-7(9(12)13)4-5-8(10)11/h15H,2-14H2,1H3,(H,20,21);7H,2-6H2,1H3,(H,12,13). The maximum absolute atomic E-state index is 11.6. The van der Waals surface area contributed by atoms with Gasteiger partial charge in [0.2, 0.25) is 11.8 Å². The second kappa shape index (κ2) is 17.3. The number of hydrogen-bond donors (Lipinski definition) is 2. The van der Waals surface area contributed by atoms with Crippen molar-refractivity contribution < 1.29 is 29.4 Å². The fourth-order valence-corrected chi connectivity index (χ4v) is 4.64. The van der Waals surface area contributed by atoms with Gasteiger partial charge < -0.3 is 20.0 Å². The van der Waals surface area contributed by atoms with E-state index in [4.69, 9.17) is 10.2 Å². The Morgan fingerprint density at radius 2 is 1.00 bits per heavy atom. The third-order valence-corrected chi connectivity index (χ3v) is 6.73. The molecule has 2 heterocycles. The van der Waals surface area contributed by atoms with Gasteiger partial charge in [0.15, 0.2) is 0 Å².